The lowest BCUT2D eigenvalue weighted by Crippen LogP contribution is -2.45. The second-order valence-electron chi connectivity index (χ2n) is 4.29. The molecule has 0 spiro atoms. The zero-order chi connectivity index (χ0) is 13.5. The summed E-state index contributed by atoms with van der Waals surface area (Å²) in [6.07, 6.45) is 0.221. The lowest BCUT2D eigenvalue weighted by molar-refractivity contribution is -0.145. The summed E-state index contributed by atoms with van der Waals surface area (Å²) in [5.41, 5.74) is 2.35. The molecular weight excluding hydrogens is 230 g/mol. The molecule has 0 aliphatic rings. The van der Waals surface area contributed by atoms with Gasteiger partial charge in [-0.3, -0.25) is 10.1 Å². The summed E-state index contributed by atoms with van der Waals surface area (Å²) in [5.74, 6) is -0.449. The van der Waals surface area contributed by atoms with E-state index >= 15 is 0 Å². The van der Waals surface area contributed by atoms with Crippen LogP contribution in [0.5, 0.6) is 0 Å². The third kappa shape index (κ3) is 4.13. The van der Waals surface area contributed by atoms with E-state index in [1.165, 1.54) is 12.7 Å². The van der Waals surface area contributed by atoms with Gasteiger partial charge in [-0.1, -0.05) is 31.2 Å². The highest BCUT2D eigenvalue weighted by molar-refractivity contribution is 5.76. The summed E-state index contributed by atoms with van der Waals surface area (Å²) >= 11 is 0. The van der Waals surface area contributed by atoms with E-state index in [1.54, 1.807) is 6.92 Å². The van der Waals surface area contributed by atoms with Crippen molar-refractivity contribution in [1.29, 1.82) is 0 Å². The van der Waals surface area contributed by atoms with Crippen molar-refractivity contribution in [2.75, 3.05) is 7.11 Å². The number of benzene rings is 1. The van der Waals surface area contributed by atoms with Crippen molar-refractivity contribution in [2.45, 2.75) is 39.0 Å². The predicted molar refractivity (Wildman–Crippen MR) is 70.1 cm³/mol. The van der Waals surface area contributed by atoms with Gasteiger partial charge in [-0.2, -0.15) is 0 Å². The van der Waals surface area contributed by atoms with Gasteiger partial charge in [0, 0.05) is 6.54 Å². The van der Waals surface area contributed by atoms with Crippen LogP contribution in [0.3, 0.4) is 0 Å². The fraction of sp³-hybridized carbons (Fsp3) is 0.500. The van der Waals surface area contributed by atoms with Gasteiger partial charge in [0.05, 0.1) is 13.2 Å². The van der Waals surface area contributed by atoms with Crippen LogP contribution >= 0.6 is 0 Å². The number of rotatable bonds is 6. The van der Waals surface area contributed by atoms with Crippen molar-refractivity contribution >= 4 is 5.97 Å². The van der Waals surface area contributed by atoms with Crippen LogP contribution in [0.25, 0.3) is 0 Å². The molecule has 0 aromatic heterocycles. The van der Waals surface area contributed by atoms with Gasteiger partial charge in [-0.05, 0) is 24.5 Å². The average Bonchev–Trinajstić information content (AvgIpc) is 2.39. The number of hydrogen-bond donors (Lipinski definition) is 2. The van der Waals surface area contributed by atoms with Gasteiger partial charge in [0.2, 0.25) is 0 Å². The molecule has 0 aliphatic carbocycles. The van der Waals surface area contributed by atoms with Crippen LogP contribution in [0, 0.1) is 0 Å². The molecule has 1 aromatic carbocycles. The molecule has 18 heavy (non-hydrogen) atoms. The Morgan fingerprint density at radius 1 is 1.33 bits per heavy atom. The van der Waals surface area contributed by atoms with E-state index < -0.39 is 18.1 Å². The molecule has 1 rings (SSSR count). The summed E-state index contributed by atoms with van der Waals surface area (Å²) in [4.78, 5) is 11.4. The van der Waals surface area contributed by atoms with Crippen molar-refractivity contribution in [3.63, 3.8) is 0 Å². The monoisotopic (exact) mass is 251 g/mol. The van der Waals surface area contributed by atoms with Crippen LogP contribution in [0.15, 0.2) is 24.3 Å². The Balaban J connectivity index is 2.58. The van der Waals surface area contributed by atoms with Crippen molar-refractivity contribution in [3.05, 3.63) is 35.4 Å². The highest BCUT2D eigenvalue weighted by atomic mass is 16.5. The topological polar surface area (TPSA) is 58.6 Å². The first-order valence-electron chi connectivity index (χ1n) is 6.15. The fourth-order valence-corrected chi connectivity index (χ4v) is 1.70. The molecule has 0 aliphatic heterocycles. The second-order valence-corrected chi connectivity index (χ2v) is 4.29. The van der Waals surface area contributed by atoms with Crippen LogP contribution < -0.4 is 5.32 Å². The first-order chi connectivity index (χ1) is 8.58. The largest absolute Gasteiger partial charge is 0.468 e. The molecule has 0 fully saturated rings. The maximum atomic E-state index is 11.4. The van der Waals surface area contributed by atoms with Crippen LogP contribution in [0.2, 0.25) is 0 Å². The van der Waals surface area contributed by atoms with Crippen LogP contribution in [-0.4, -0.2) is 30.3 Å². The number of aliphatic hydroxyl groups excluding tert-OH is 1. The highest BCUT2D eigenvalue weighted by Gasteiger charge is 2.23. The van der Waals surface area contributed by atoms with Gasteiger partial charge >= 0.3 is 5.97 Å². The van der Waals surface area contributed by atoms with E-state index in [1.807, 2.05) is 12.1 Å². The smallest absolute Gasteiger partial charge is 0.325 e. The Bertz CT molecular complexity index is 373. The van der Waals surface area contributed by atoms with Crippen molar-refractivity contribution in [1.82, 2.24) is 5.32 Å². The molecule has 2 atom stereocenters. The normalized spacial score (nSPS) is 14.0. The summed E-state index contributed by atoms with van der Waals surface area (Å²) < 4.78 is 4.64. The minimum atomic E-state index is -0.785. The summed E-state index contributed by atoms with van der Waals surface area (Å²) in [5, 5.41) is 12.5. The number of hydrogen-bond acceptors (Lipinski definition) is 4. The van der Waals surface area contributed by atoms with E-state index in [2.05, 4.69) is 29.1 Å². The molecule has 0 unspecified atom stereocenters. The van der Waals surface area contributed by atoms with E-state index in [0.29, 0.717) is 6.54 Å². The Labute approximate surface area is 108 Å². The SMILES string of the molecule is CCc1ccc(CN[C@@H](C(=O)OC)[C@H](C)O)cc1. The second kappa shape index (κ2) is 7.13. The van der Waals surface area contributed by atoms with E-state index in [-0.39, 0.29) is 0 Å². The molecule has 1 aromatic rings. The molecule has 4 nitrogen and oxygen atoms in total. The molecule has 0 saturated heterocycles. The molecule has 0 heterocycles. The van der Waals surface area contributed by atoms with Gasteiger partial charge in [0.15, 0.2) is 0 Å². The van der Waals surface area contributed by atoms with Gasteiger partial charge in [0.1, 0.15) is 6.04 Å². The molecular formula is C14H21NO3. The number of methoxy groups -OCH3 is 1. The van der Waals surface area contributed by atoms with Crippen LogP contribution in [0.1, 0.15) is 25.0 Å². The zero-order valence-electron chi connectivity index (χ0n) is 11.1. The van der Waals surface area contributed by atoms with Gasteiger partial charge in [-0.15, -0.1) is 0 Å². The van der Waals surface area contributed by atoms with Gasteiger partial charge < -0.3 is 9.84 Å². The third-order valence-corrected chi connectivity index (χ3v) is 2.89. The summed E-state index contributed by atoms with van der Waals surface area (Å²) in [6.45, 7) is 4.19. The van der Waals surface area contributed by atoms with Crippen molar-refractivity contribution < 1.29 is 14.6 Å². The molecule has 2 N–H and O–H groups in total. The molecule has 4 heteroatoms. The third-order valence-electron chi connectivity index (χ3n) is 2.89. The minimum absolute atomic E-state index is 0.449. The first-order valence-corrected chi connectivity index (χ1v) is 6.15. The molecule has 0 saturated carbocycles. The Kier molecular flexibility index (Phi) is 5.82. The zero-order valence-corrected chi connectivity index (χ0v) is 11.1. The van der Waals surface area contributed by atoms with E-state index in [9.17, 15) is 9.90 Å². The number of esters is 1. The molecule has 0 radical (unpaired) electrons. The van der Waals surface area contributed by atoms with Crippen molar-refractivity contribution in [2.24, 2.45) is 0 Å². The molecule has 0 bridgehead atoms. The van der Waals surface area contributed by atoms with E-state index in [0.717, 1.165) is 12.0 Å². The maximum absolute atomic E-state index is 11.4. The minimum Gasteiger partial charge on any atom is -0.468 e. The molecule has 100 valence electrons. The summed E-state index contributed by atoms with van der Waals surface area (Å²) in [6, 6.07) is 7.46. The Morgan fingerprint density at radius 3 is 2.33 bits per heavy atom. The average molecular weight is 251 g/mol. The lowest BCUT2D eigenvalue weighted by Gasteiger charge is -2.19. The standard InChI is InChI=1S/C14H21NO3/c1-4-11-5-7-12(8-6-11)9-15-13(10(2)16)14(17)18-3/h5-8,10,13,15-16H,4,9H2,1-3H3/t10-,13+/m0/s1. The number of ether oxygens (including phenoxy) is 1. The highest BCUT2D eigenvalue weighted by Crippen LogP contribution is 2.06. The van der Waals surface area contributed by atoms with Crippen molar-refractivity contribution in [3.8, 4) is 0 Å². The predicted octanol–water partition coefficient (Wildman–Crippen LogP) is 1.26. The first kappa shape index (κ1) is 14.7. The fourth-order valence-electron chi connectivity index (χ4n) is 1.70. The number of aryl methyl sites for hydroxylation is 1. The lowest BCUT2D eigenvalue weighted by atomic mass is 10.1. The van der Waals surface area contributed by atoms with Gasteiger partial charge in [0.25, 0.3) is 0 Å². The quantitative estimate of drug-likeness (QED) is 0.747. The van der Waals surface area contributed by atoms with E-state index in [4.69, 9.17) is 0 Å². The Morgan fingerprint density at radius 2 is 1.89 bits per heavy atom. The van der Waals surface area contributed by atoms with Crippen LogP contribution in [0.4, 0.5) is 0 Å². The maximum Gasteiger partial charge on any atom is 0.325 e. The molecule has 0 amide bonds. The summed E-state index contributed by atoms with van der Waals surface area (Å²) in [7, 11) is 1.31. The number of carbonyl (C=O) groups is 1. The number of aliphatic hydroxyl groups is 1. The van der Waals surface area contributed by atoms with Gasteiger partial charge in [-0.25, -0.2) is 0 Å². The Hall–Kier alpha value is -1.39. The number of carbonyl (C=O) groups excluding carboxylic acids is 1. The van der Waals surface area contributed by atoms with Crippen LogP contribution in [-0.2, 0) is 22.5 Å². The number of nitrogens with one attached hydrogen (secondary N) is 1.